The third-order valence-corrected chi connectivity index (χ3v) is 11.3. The number of rotatable bonds is 24. The number of hydrogen-bond donors (Lipinski definition) is 12. The van der Waals surface area contributed by atoms with E-state index >= 15 is 0 Å². The molecule has 21 heteroatoms. The Labute approximate surface area is 390 Å². The Bertz CT molecular complexity index is 2670. The third-order valence-electron chi connectivity index (χ3n) is 11.3. The number of unbranched alkanes of at least 4 members (excludes halogenated alkanes) is 1. The third kappa shape index (κ3) is 13.7. The van der Waals surface area contributed by atoms with Crippen LogP contribution in [0.15, 0.2) is 104 Å². The lowest BCUT2D eigenvalue weighted by Gasteiger charge is -2.29. The molecule has 15 N–H and O–H groups in total. The van der Waals surface area contributed by atoms with Crippen LogP contribution in [0, 0.1) is 0 Å². The van der Waals surface area contributed by atoms with Crippen LogP contribution < -0.4 is 43.9 Å². The van der Waals surface area contributed by atoms with E-state index < -0.39 is 84.7 Å². The number of hydrogen-bond acceptors (Lipinski definition) is 10. The predicted molar refractivity (Wildman–Crippen MR) is 252 cm³/mol. The fraction of sp³-hybridized carbons (Fsp3) is 0.319. The Kier molecular flexibility index (Phi) is 17.4. The van der Waals surface area contributed by atoms with Crippen LogP contribution in [0.4, 0.5) is 4.79 Å². The fourth-order valence-corrected chi connectivity index (χ4v) is 7.70. The van der Waals surface area contributed by atoms with Crippen LogP contribution in [0.3, 0.4) is 0 Å². The van der Waals surface area contributed by atoms with Crippen LogP contribution in [0.2, 0.25) is 0 Å². The number of carboxylic acid groups (broad SMARTS) is 1. The van der Waals surface area contributed by atoms with Crippen molar-refractivity contribution in [2.75, 3.05) is 13.1 Å². The minimum Gasteiger partial charge on any atom is -0.481 e. The first-order valence-corrected chi connectivity index (χ1v) is 22.2. The molecule has 3 aromatic carbocycles. The highest BCUT2D eigenvalue weighted by molar-refractivity contribution is 5.96. The molecule has 3 heterocycles. The van der Waals surface area contributed by atoms with Gasteiger partial charge in [0.05, 0.1) is 25.3 Å². The van der Waals surface area contributed by atoms with Crippen molar-refractivity contribution in [1.29, 1.82) is 0 Å². The van der Waals surface area contributed by atoms with Crippen LogP contribution in [-0.2, 0) is 54.5 Å². The number of nitrogens with two attached hydrogens (primary N) is 3. The Morgan fingerprint density at radius 1 is 0.647 bits per heavy atom. The number of carbonyl (C=O) groups is 7. The van der Waals surface area contributed by atoms with Crippen molar-refractivity contribution in [3.8, 4) is 0 Å². The van der Waals surface area contributed by atoms with Gasteiger partial charge in [0.1, 0.15) is 24.2 Å². The zero-order chi connectivity index (χ0) is 48.6. The molecule has 21 nitrogen and oxygen atoms in total. The van der Waals surface area contributed by atoms with Crippen LogP contribution >= 0.6 is 0 Å². The number of fused-ring (bicyclic) bond motifs is 2. The molecule has 6 rings (SSSR count). The second-order valence-corrected chi connectivity index (χ2v) is 16.3. The molecule has 0 saturated heterocycles. The number of benzene rings is 3. The number of imidazole rings is 1. The van der Waals surface area contributed by atoms with Gasteiger partial charge in [0.15, 0.2) is 0 Å². The summed E-state index contributed by atoms with van der Waals surface area (Å²) in [6.07, 6.45) is 6.81. The molecule has 0 aliphatic heterocycles. The lowest BCUT2D eigenvalue weighted by Crippen LogP contribution is -2.61. The maximum atomic E-state index is 14.6. The molecule has 68 heavy (non-hydrogen) atoms. The quantitative estimate of drug-likeness (QED) is 0.0299. The van der Waals surface area contributed by atoms with E-state index in [-0.39, 0.29) is 32.1 Å². The molecular formula is C47H57N13O8. The van der Waals surface area contributed by atoms with Gasteiger partial charge in [-0.05, 0) is 54.6 Å². The second kappa shape index (κ2) is 23.9. The smallest absolute Gasteiger partial charge is 0.336 e. The fourth-order valence-electron chi connectivity index (χ4n) is 7.70. The van der Waals surface area contributed by atoms with E-state index in [2.05, 4.69) is 46.6 Å². The maximum absolute atomic E-state index is 14.6. The monoisotopic (exact) mass is 931 g/mol. The number of nitrogens with one attached hydrogen (secondary N) is 8. The van der Waals surface area contributed by atoms with Gasteiger partial charge in [-0.15, -0.1) is 0 Å². The average Bonchev–Trinajstić information content (AvgIpc) is 4.10. The van der Waals surface area contributed by atoms with E-state index in [0.717, 1.165) is 26.8 Å². The Hall–Kier alpha value is -8.04. The van der Waals surface area contributed by atoms with E-state index in [1.807, 2.05) is 42.5 Å². The lowest BCUT2D eigenvalue weighted by molar-refractivity contribution is -0.138. The van der Waals surface area contributed by atoms with Crippen LogP contribution in [0.25, 0.3) is 21.8 Å². The van der Waals surface area contributed by atoms with Crippen molar-refractivity contribution >= 4 is 63.3 Å². The van der Waals surface area contributed by atoms with Crippen LogP contribution in [-0.4, -0.2) is 115 Å². The Balaban J connectivity index is 1.28. The number of carbonyl (C=O) groups excluding carboxylic acids is 6. The van der Waals surface area contributed by atoms with E-state index in [9.17, 15) is 38.7 Å². The zero-order valence-electron chi connectivity index (χ0n) is 37.2. The molecular weight excluding hydrogens is 875 g/mol. The van der Waals surface area contributed by atoms with Gasteiger partial charge in [0.2, 0.25) is 23.6 Å². The normalized spacial score (nSPS) is 13.4. The van der Waals surface area contributed by atoms with E-state index in [1.54, 1.807) is 48.8 Å². The number of carboxylic acids is 1. The largest absolute Gasteiger partial charge is 0.481 e. The highest BCUT2D eigenvalue weighted by atomic mass is 16.4. The van der Waals surface area contributed by atoms with Crippen molar-refractivity contribution in [3.05, 3.63) is 126 Å². The van der Waals surface area contributed by atoms with Crippen molar-refractivity contribution in [2.24, 2.45) is 17.2 Å². The minimum absolute atomic E-state index is 0.0175. The number of para-hydroxylation sites is 2. The molecule has 7 amide bonds. The average molecular weight is 932 g/mol. The van der Waals surface area contributed by atoms with Gasteiger partial charge in [-0.3, -0.25) is 34.2 Å². The summed E-state index contributed by atoms with van der Waals surface area (Å²) in [6, 6.07) is 16.1. The topological polar surface area (TPSA) is 341 Å². The van der Waals surface area contributed by atoms with Gasteiger partial charge in [0, 0.05) is 71.8 Å². The number of aromatic nitrogens is 4. The Morgan fingerprint density at radius 3 is 1.78 bits per heavy atom. The van der Waals surface area contributed by atoms with Gasteiger partial charge in [-0.2, -0.15) is 0 Å². The molecule has 0 radical (unpaired) electrons. The first-order chi connectivity index (χ1) is 32.8. The van der Waals surface area contributed by atoms with Crippen LogP contribution in [0.5, 0.6) is 0 Å². The standard InChI is InChI=1S/C47H57N13O8/c48-18-9-8-16-37(42(50)63)55-44(65)38(20-28-10-2-1-3-11-28)57-45(66)39(21-29-24-52-35-14-6-4-12-32(29)35)58-47(68)60(19-17-41(61)62)59-46(67)40(22-30-25-53-36-15-7-5-13-33(30)36)56-43(64)34(49)23-31-26-51-27-54-31/h1-7,10-15,24-27,34,37-40,52-53H,8-9,16-23,48-49H2,(H2,50,63)(H,51,54)(H,55,65)(H,56,64)(H,57,66)(H,58,68)(H,59,67)(H,61,62)/t34-,37-,38+,39-,40+/m0/s1. The van der Waals surface area contributed by atoms with Crippen LogP contribution in [0.1, 0.15) is 48.1 Å². The summed E-state index contributed by atoms with van der Waals surface area (Å²) in [4.78, 5) is 108. The molecule has 358 valence electrons. The molecule has 0 aliphatic carbocycles. The van der Waals surface area contributed by atoms with Gasteiger partial charge < -0.3 is 58.5 Å². The van der Waals surface area contributed by atoms with Crippen molar-refractivity contribution in [2.45, 2.75) is 81.6 Å². The molecule has 0 bridgehead atoms. The molecule has 5 atom stereocenters. The number of nitrogens with zero attached hydrogens (tertiary/aromatic N) is 2. The number of amides is 7. The number of urea groups is 1. The number of aliphatic carboxylic acids is 1. The lowest BCUT2D eigenvalue weighted by atomic mass is 10.0. The SMILES string of the molecule is NCCCC[C@H](NC(=O)[C@@H](Cc1ccccc1)NC(=O)[C@H](Cc1c[nH]c2ccccc12)NC(=O)N(CCC(=O)O)NC(=O)[C@@H](Cc1c[nH]c2ccccc12)NC(=O)[C@@H](N)Cc1cnc[nH]1)C(N)=O. The summed E-state index contributed by atoms with van der Waals surface area (Å²) >= 11 is 0. The zero-order valence-corrected chi connectivity index (χ0v) is 37.2. The summed E-state index contributed by atoms with van der Waals surface area (Å²) in [7, 11) is 0. The summed E-state index contributed by atoms with van der Waals surface area (Å²) in [6.45, 7) is -0.198. The highest BCUT2D eigenvalue weighted by Crippen LogP contribution is 2.21. The highest BCUT2D eigenvalue weighted by Gasteiger charge is 2.33. The Morgan fingerprint density at radius 2 is 1.21 bits per heavy atom. The number of primary amides is 1. The number of H-pyrrole nitrogens is 3. The number of aromatic amines is 3. The molecule has 0 saturated carbocycles. The summed E-state index contributed by atoms with van der Waals surface area (Å²) in [5, 5.41) is 22.7. The summed E-state index contributed by atoms with van der Waals surface area (Å²) in [5.41, 5.74) is 24.0. The molecule has 0 aliphatic rings. The van der Waals surface area contributed by atoms with E-state index in [4.69, 9.17) is 17.2 Å². The van der Waals surface area contributed by atoms with Gasteiger partial charge >= 0.3 is 12.0 Å². The van der Waals surface area contributed by atoms with Crippen molar-refractivity contribution < 1.29 is 38.7 Å². The van der Waals surface area contributed by atoms with Gasteiger partial charge in [0.25, 0.3) is 5.91 Å². The molecule has 6 aromatic rings. The van der Waals surface area contributed by atoms with Crippen molar-refractivity contribution in [3.63, 3.8) is 0 Å². The van der Waals surface area contributed by atoms with Gasteiger partial charge in [-0.1, -0.05) is 66.7 Å². The number of hydrazine groups is 1. The minimum atomic E-state index is -1.45. The van der Waals surface area contributed by atoms with Gasteiger partial charge in [-0.25, -0.2) is 14.8 Å². The first-order valence-electron chi connectivity index (χ1n) is 22.2. The predicted octanol–water partition coefficient (Wildman–Crippen LogP) is 0.925. The van der Waals surface area contributed by atoms with E-state index in [0.29, 0.717) is 41.8 Å². The van der Waals surface area contributed by atoms with Crippen molar-refractivity contribution in [1.82, 2.24) is 51.6 Å². The van der Waals surface area contributed by atoms with E-state index in [1.165, 1.54) is 12.5 Å². The maximum Gasteiger partial charge on any atom is 0.336 e. The first kappa shape index (κ1) is 49.4. The second-order valence-electron chi connectivity index (χ2n) is 16.3. The summed E-state index contributed by atoms with van der Waals surface area (Å²) < 4.78 is 0. The summed E-state index contributed by atoms with van der Waals surface area (Å²) in [5.74, 6) is -5.19. The molecule has 0 fully saturated rings. The molecule has 0 unspecified atom stereocenters. The molecule has 0 spiro atoms. The molecule has 3 aromatic heterocycles.